The first kappa shape index (κ1) is 15.5. The third kappa shape index (κ3) is 4.26. The second-order valence-electron chi connectivity index (χ2n) is 3.36. The molecule has 0 fully saturated rings. The highest BCUT2D eigenvalue weighted by atomic mass is 79.9. The Balaban J connectivity index is 2.60. The van der Waals surface area contributed by atoms with Crippen LogP contribution in [0.1, 0.15) is 16.8 Å². The third-order valence-electron chi connectivity index (χ3n) is 2.05. The maximum absolute atomic E-state index is 13.6. The lowest BCUT2D eigenvalue weighted by atomic mass is 10.1. The summed E-state index contributed by atoms with van der Waals surface area (Å²) in [5.74, 6) is -1.37. The third-order valence-corrected chi connectivity index (χ3v) is 3.31. The fraction of sp³-hybridized carbons (Fsp3) is 0.364. The number of ether oxygens (including phenoxy) is 1. The van der Waals surface area contributed by atoms with E-state index in [1.807, 2.05) is 0 Å². The number of carbonyl (C=O) groups is 1. The Bertz CT molecular complexity index is 441. The quantitative estimate of drug-likeness (QED) is 0.441. The molecule has 0 N–H and O–H groups in total. The molecule has 0 saturated carbocycles. The molecule has 0 bridgehead atoms. The van der Waals surface area contributed by atoms with Gasteiger partial charge in [-0.2, -0.15) is 0 Å². The molecule has 7 heteroatoms. The molecule has 0 aliphatic rings. The molecule has 2 nitrogen and oxygen atoms in total. The van der Waals surface area contributed by atoms with Gasteiger partial charge in [0.2, 0.25) is 0 Å². The van der Waals surface area contributed by atoms with Crippen molar-refractivity contribution in [1.82, 2.24) is 0 Å². The van der Waals surface area contributed by atoms with E-state index >= 15 is 0 Å². The summed E-state index contributed by atoms with van der Waals surface area (Å²) in [5, 5.41) is -0.186. The summed E-state index contributed by atoms with van der Waals surface area (Å²) < 4.78 is 42.0. The van der Waals surface area contributed by atoms with E-state index in [-0.39, 0.29) is 23.6 Å². The molecule has 0 spiro atoms. The monoisotopic (exact) mass is 344 g/mol. The minimum Gasteiger partial charge on any atom is -0.375 e. The number of Topliss-reactive ketones (excluding diaryl/α,β-unsaturated/α-hetero) is 1. The van der Waals surface area contributed by atoms with Gasteiger partial charge in [-0.1, -0.05) is 11.6 Å². The van der Waals surface area contributed by atoms with Crippen LogP contribution in [0.5, 0.6) is 0 Å². The van der Waals surface area contributed by atoms with Crippen LogP contribution in [0, 0.1) is 5.82 Å². The van der Waals surface area contributed by atoms with Crippen molar-refractivity contribution in [2.45, 2.75) is 12.8 Å². The summed E-state index contributed by atoms with van der Waals surface area (Å²) in [4.78, 5) is 11.6. The summed E-state index contributed by atoms with van der Waals surface area (Å²) in [6.45, 7) is -0.923. The van der Waals surface area contributed by atoms with Gasteiger partial charge in [0.1, 0.15) is 6.61 Å². The number of carbonyl (C=O) groups excluding carboxylic acids is 1. The fourth-order valence-corrected chi connectivity index (χ4v) is 1.68. The van der Waals surface area contributed by atoms with E-state index in [1.54, 1.807) is 0 Å². The van der Waals surface area contributed by atoms with E-state index < -0.39 is 24.6 Å². The lowest BCUT2D eigenvalue weighted by Gasteiger charge is -2.06. The maximum atomic E-state index is 13.6. The van der Waals surface area contributed by atoms with Gasteiger partial charge in [0.15, 0.2) is 11.6 Å². The molecule has 1 aromatic rings. The molecule has 0 aromatic heterocycles. The van der Waals surface area contributed by atoms with Gasteiger partial charge in [0, 0.05) is 10.9 Å². The Morgan fingerprint density at radius 3 is 2.72 bits per heavy atom. The average molecular weight is 346 g/mol. The first-order valence-electron chi connectivity index (χ1n) is 4.96. The molecule has 0 heterocycles. The highest BCUT2D eigenvalue weighted by molar-refractivity contribution is 9.10. The van der Waals surface area contributed by atoms with Gasteiger partial charge in [0.05, 0.1) is 17.2 Å². The first-order valence-corrected chi connectivity index (χ1v) is 6.13. The number of benzene rings is 1. The predicted molar refractivity (Wildman–Crippen MR) is 64.9 cm³/mol. The molecule has 1 aromatic carbocycles. The molecule has 0 aliphatic heterocycles. The number of halogens is 5. The van der Waals surface area contributed by atoms with Gasteiger partial charge in [-0.25, -0.2) is 13.2 Å². The van der Waals surface area contributed by atoms with E-state index in [2.05, 4.69) is 20.7 Å². The van der Waals surface area contributed by atoms with Gasteiger partial charge in [-0.3, -0.25) is 4.79 Å². The summed E-state index contributed by atoms with van der Waals surface area (Å²) >= 11 is 8.64. The summed E-state index contributed by atoms with van der Waals surface area (Å²) in [5.41, 5.74) is -0.177. The largest absolute Gasteiger partial charge is 0.375 e. The SMILES string of the molecule is O=C(CCOCC(F)F)c1ccc(Br)c(Cl)c1F. The fourth-order valence-electron chi connectivity index (χ4n) is 1.21. The normalized spacial score (nSPS) is 11.0. The maximum Gasteiger partial charge on any atom is 0.261 e. The van der Waals surface area contributed by atoms with Crippen molar-refractivity contribution in [2.24, 2.45) is 0 Å². The standard InChI is InChI=1S/C11H9BrClF3O2/c12-7-2-1-6(11(16)10(7)13)8(17)3-4-18-5-9(14)15/h1-2,9H,3-5H2. The lowest BCUT2D eigenvalue weighted by molar-refractivity contribution is 0.0169. The predicted octanol–water partition coefficient (Wildman–Crippen LogP) is 4.10. The second kappa shape index (κ2) is 7.11. The Kier molecular flexibility index (Phi) is 6.11. The van der Waals surface area contributed by atoms with Gasteiger partial charge in [-0.15, -0.1) is 0 Å². The van der Waals surface area contributed by atoms with Crippen molar-refractivity contribution in [3.63, 3.8) is 0 Å². The number of ketones is 1. The molecular formula is C11H9BrClF3O2. The van der Waals surface area contributed by atoms with Crippen molar-refractivity contribution in [1.29, 1.82) is 0 Å². The van der Waals surface area contributed by atoms with Crippen LogP contribution in [-0.2, 0) is 4.74 Å². The smallest absolute Gasteiger partial charge is 0.261 e. The lowest BCUT2D eigenvalue weighted by Crippen LogP contribution is -2.10. The molecule has 0 radical (unpaired) electrons. The van der Waals surface area contributed by atoms with Crippen LogP contribution in [0.15, 0.2) is 16.6 Å². The van der Waals surface area contributed by atoms with E-state index in [4.69, 9.17) is 11.6 Å². The molecule has 0 unspecified atom stereocenters. The number of hydrogen-bond donors (Lipinski definition) is 0. The van der Waals surface area contributed by atoms with E-state index in [0.29, 0.717) is 4.47 Å². The average Bonchev–Trinajstić information content (AvgIpc) is 2.31. The van der Waals surface area contributed by atoms with Crippen LogP contribution in [-0.4, -0.2) is 25.4 Å². The molecule has 1 rings (SSSR count). The Labute approximate surface area is 115 Å². The van der Waals surface area contributed by atoms with Crippen LogP contribution < -0.4 is 0 Å². The minimum absolute atomic E-state index is 0.177. The molecule has 0 atom stereocenters. The van der Waals surface area contributed by atoms with E-state index in [1.165, 1.54) is 12.1 Å². The molecule has 18 heavy (non-hydrogen) atoms. The van der Waals surface area contributed by atoms with E-state index in [9.17, 15) is 18.0 Å². The zero-order chi connectivity index (χ0) is 13.7. The summed E-state index contributed by atoms with van der Waals surface area (Å²) in [6.07, 6.45) is -2.76. The zero-order valence-electron chi connectivity index (χ0n) is 9.06. The van der Waals surface area contributed by atoms with Gasteiger partial charge < -0.3 is 4.74 Å². The molecule has 100 valence electrons. The number of rotatable bonds is 6. The molecule has 0 amide bonds. The topological polar surface area (TPSA) is 26.3 Å². The van der Waals surface area contributed by atoms with Gasteiger partial charge >= 0.3 is 0 Å². The van der Waals surface area contributed by atoms with Crippen LogP contribution in [0.2, 0.25) is 5.02 Å². The van der Waals surface area contributed by atoms with Crippen LogP contribution >= 0.6 is 27.5 Å². The summed E-state index contributed by atoms with van der Waals surface area (Å²) in [7, 11) is 0. The van der Waals surface area contributed by atoms with Crippen molar-refractivity contribution >= 4 is 33.3 Å². The Morgan fingerprint density at radius 2 is 2.11 bits per heavy atom. The number of alkyl halides is 2. The van der Waals surface area contributed by atoms with Crippen molar-refractivity contribution in [3.8, 4) is 0 Å². The molecule has 0 aliphatic carbocycles. The number of hydrogen-bond acceptors (Lipinski definition) is 2. The van der Waals surface area contributed by atoms with Crippen molar-refractivity contribution in [2.75, 3.05) is 13.2 Å². The molecular weight excluding hydrogens is 336 g/mol. The van der Waals surface area contributed by atoms with Crippen LogP contribution in [0.25, 0.3) is 0 Å². The summed E-state index contributed by atoms with van der Waals surface area (Å²) in [6, 6.07) is 2.72. The second-order valence-corrected chi connectivity index (χ2v) is 4.59. The highest BCUT2D eigenvalue weighted by Crippen LogP contribution is 2.28. The van der Waals surface area contributed by atoms with Crippen molar-refractivity contribution in [3.05, 3.63) is 33.0 Å². The van der Waals surface area contributed by atoms with Crippen molar-refractivity contribution < 1.29 is 22.7 Å². The minimum atomic E-state index is -2.58. The van der Waals surface area contributed by atoms with Crippen LogP contribution in [0.4, 0.5) is 13.2 Å². The highest BCUT2D eigenvalue weighted by Gasteiger charge is 2.16. The van der Waals surface area contributed by atoms with Gasteiger partial charge in [0.25, 0.3) is 6.43 Å². The Morgan fingerprint density at radius 1 is 1.44 bits per heavy atom. The van der Waals surface area contributed by atoms with E-state index in [0.717, 1.165) is 0 Å². The first-order chi connectivity index (χ1) is 8.43. The zero-order valence-corrected chi connectivity index (χ0v) is 11.4. The van der Waals surface area contributed by atoms with Crippen LogP contribution in [0.3, 0.4) is 0 Å². The Hall–Kier alpha value is -0.590. The molecule has 0 saturated heterocycles. The van der Waals surface area contributed by atoms with Gasteiger partial charge in [-0.05, 0) is 28.1 Å².